The quantitative estimate of drug-likeness (QED) is 0.792. The van der Waals surface area contributed by atoms with Gasteiger partial charge in [-0.15, -0.1) is 0 Å². The van der Waals surface area contributed by atoms with Crippen molar-refractivity contribution in [2.24, 2.45) is 11.3 Å². The number of imidazole rings is 1. The number of carbonyl (C=O) groups is 1. The molecule has 21 heavy (non-hydrogen) atoms. The molecule has 4 rings (SSSR count). The SMILES string of the molecule is Cc1nc2ccc(NC(=O)C3CC34CCNCC4)cc2[nH]1. The number of hydrogen-bond donors (Lipinski definition) is 3. The second-order valence-electron chi connectivity index (χ2n) is 6.41. The minimum Gasteiger partial charge on any atom is -0.342 e. The molecule has 1 unspecified atom stereocenters. The first-order chi connectivity index (χ1) is 10.2. The topological polar surface area (TPSA) is 69.8 Å². The molecule has 1 atom stereocenters. The van der Waals surface area contributed by atoms with Crippen LogP contribution in [0.4, 0.5) is 5.69 Å². The van der Waals surface area contributed by atoms with Crippen molar-refractivity contribution < 1.29 is 4.79 Å². The Morgan fingerprint density at radius 2 is 2.19 bits per heavy atom. The van der Waals surface area contributed by atoms with E-state index in [-0.39, 0.29) is 17.2 Å². The van der Waals surface area contributed by atoms with Crippen LogP contribution in [0.2, 0.25) is 0 Å². The van der Waals surface area contributed by atoms with E-state index in [1.807, 2.05) is 25.1 Å². The molecule has 5 nitrogen and oxygen atoms in total. The van der Waals surface area contributed by atoms with Gasteiger partial charge in [-0.1, -0.05) is 0 Å². The van der Waals surface area contributed by atoms with E-state index in [0.717, 1.165) is 54.9 Å². The van der Waals surface area contributed by atoms with Crippen LogP contribution in [0.1, 0.15) is 25.1 Å². The molecule has 1 aromatic carbocycles. The molecule has 3 N–H and O–H groups in total. The maximum absolute atomic E-state index is 12.4. The van der Waals surface area contributed by atoms with Gasteiger partial charge in [-0.3, -0.25) is 4.79 Å². The number of anilines is 1. The van der Waals surface area contributed by atoms with Crippen LogP contribution in [-0.4, -0.2) is 29.0 Å². The number of H-pyrrole nitrogens is 1. The van der Waals surface area contributed by atoms with E-state index in [2.05, 4.69) is 20.6 Å². The van der Waals surface area contributed by atoms with E-state index in [9.17, 15) is 4.79 Å². The lowest BCUT2D eigenvalue weighted by molar-refractivity contribution is -0.118. The van der Waals surface area contributed by atoms with Crippen molar-refractivity contribution in [1.29, 1.82) is 0 Å². The molecule has 1 saturated carbocycles. The molecule has 2 fully saturated rings. The summed E-state index contributed by atoms with van der Waals surface area (Å²) < 4.78 is 0. The highest BCUT2D eigenvalue weighted by atomic mass is 16.2. The van der Waals surface area contributed by atoms with Gasteiger partial charge in [0.05, 0.1) is 11.0 Å². The molecule has 1 spiro atoms. The summed E-state index contributed by atoms with van der Waals surface area (Å²) in [6.07, 6.45) is 3.31. The average Bonchev–Trinajstić information content (AvgIpc) is 3.02. The van der Waals surface area contributed by atoms with E-state index in [4.69, 9.17) is 0 Å². The number of nitrogens with one attached hydrogen (secondary N) is 3. The minimum atomic E-state index is 0.174. The van der Waals surface area contributed by atoms with E-state index >= 15 is 0 Å². The van der Waals surface area contributed by atoms with Crippen molar-refractivity contribution in [3.8, 4) is 0 Å². The summed E-state index contributed by atoms with van der Waals surface area (Å²) in [5.74, 6) is 1.26. The average molecular weight is 284 g/mol. The van der Waals surface area contributed by atoms with Gasteiger partial charge in [0.15, 0.2) is 0 Å². The highest BCUT2D eigenvalue weighted by Crippen LogP contribution is 2.58. The van der Waals surface area contributed by atoms with Crippen LogP contribution in [0.3, 0.4) is 0 Å². The molecule has 0 radical (unpaired) electrons. The summed E-state index contributed by atoms with van der Waals surface area (Å²) in [6, 6.07) is 5.84. The maximum Gasteiger partial charge on any atom is 0.228 e. The highest BCUT2D eigenvalue weighted by molar-refractivity contribution is 5.96. The number of amides is 1. The lowest BCUT2D eigenvalue weighted by Crippen LogP contribution is -2.31. The predicted octanol–water partition coefficient (Wildman–Crippen LogP) is 2.20. The van der Waals surface area contributed by atoms with Crippen molar-refractivity contribution in [3.63, 3.8) is 0 Å². The molecule has 2 aromatic rings. The summed E-state index contributed by atoms with van der Waals surface area (Å²) >= 11 is 0. The molecule has 1 aromatic heterocycles. The summed E-state index contributed by atoms with van der Waals surface area (Å²) in [5, 5.41) is 6.44. The van der Waals surface area contributed by atoms with E-state index in [1.165, 1.54) is 0 Å². The van der Waals surface area contributed by atoms with Gasteiger partial charge in [0.1, 0.15) is 5.82 Å². The third-order valence-electron chi connectivity index (χ3n) is 4.97. The Labute approximate surface area is 123 Å². The van der Waals surface area contributed by atoms with E-state index < -0.39 is 0 Å². The first-order valence-corrected chi connectivity index (χ1v) is 7.64. The standard InChI is InChI=1S/C16H20N4O/c1-10-18-13-3-2-11(8-14(13)19-10)20-15(21)12-9-16(12)4-6-17-7-5-16/h2-3,8,12,17H,4-7,9H2,1H3,(H,18,19)(H,20,21). The molecule has 1 aliphatic carbocycles. The monoisotopic (exact) mass is 284 g/mol. The lowest BCUT2D eigenvalue weighted by Gasteiger charge is -2.23. The van der Waals surface area contributed by atoms with E-state index in [1.54, 1.807) is 0 Å². The second kappa shape index (κ2) is 4.56. The molecular weight excluding hydrogens is 264 g/mol. The molecule has 2 heterocycles. The molecule has 1 amide bonds. The number of aromatic amines is 1. The first-order valence-electron chi connectivity index (χ1n) is 7.64. The first kappa shape index (κ1) is 12.8. The number of carbonyl (C=O) groups excluding carboxylic acids is 1. The molecule has 2 aliphatic rings. The van der Waals surface area contributed by atoms with Crippen LogP contribution in [0.25, 0.3) is 11.0 Å². The van der Waals surface area contributed by atoms with Gasteiger partial charge in [-0.2, -0.15) is 0 Å². The van der Waals surface area contributed by atoms with Gasteiger partial charge in [0.2, 0.25) is 5.91 Å². The minimum absolute atomic E-state index is 0.174. The Morgan fingerprint density at radius 3 is 3.00 bits per heavy atom. The number of piperidine rings is 1. The smallest absolute Gasteiger partial charge is 0.228 e. The zero-order valence-electron chi connectivity index (χ0n) is 12.2. The van der Waals surface area contributed by atoms with Gasteiger partial charge in [-0.05, 0) is 62.9 Å². The van der Waals surface area contributed by atoms with Crippen molar-refractivity contribution in [2.45, 2.75) is 26.2 Å². The number of benzene rings is 1. The number of aromatic nitrogens is 2. The van der Waals surface area contributed by atoms with Crippen LogP contribution >= 0.6 is 0 Å². The van der Waals surface area contributed by atoms with E-state index in [0.29, 0.717) is 0 Å². The molecule has 1 saturated heterocycles. The van der Waals surface area contributed by atoms with Gasteiger partial charge in [0, 0.05) is 11.6 Å². The van der Waals surface area contributed by atoms with Gasteiger partial charge < -0.3 is 15.6 Å². The summed E-state index contributed by atoms with van der Waals surface area (Å²) in [7, 11) is 0. The van der Waals surface area contributed by atoms with Gasteiger partial charge >= 0.3 is 0 Å². The molecule has 5 heteroatoms. The predicted molar refractivity (Wildman–Crippen MR) is 82.1 cm³/mol. The Balaban J connectivity index is 1.48. The number of aryl methyl sites for hydroxylation is 1. The summed E-state index contributed by atoms with van der Waals surface area (Å²) in [6.45, 7) is 4.02. The van der Waals surface area contributed by atoms with Crippen LogP contribution < -0.4 is 10.6 Å². The maximum atomic E-state index is 12.4. The summed E-state index contributed by atoms with van der Waals surface area (Å²) in [4.78, 5) is 20.0. The molecule has 0 bridgehead atoms. The third kappa shape index (κ3) is 2.21. The van der Waals surface area contributed by atoms with Gasteiger partial charge in [-0.25, -0.2) is 4.98 Å². The van der Waals surface area contributed by atoms with Crippen LogP contribution in [0, 0.1) is 18.3 Å². The number of rotatable bonds is 2. The Kier molecular flexibility index (Phi) is 2.79. The van der Waals surface area contributed by atoms with Crippen molar-refractivity contribution in [1.82, 2.24) is 15.3 Å². The van der Waals surface area contributed by atoms with Crippen LogP contribution in [0.15, 0.2) is 18.2 Å². The fourth-order valence-corrected chi connectivity index (χ4v) is 3.64. The molecule has 1 aliphatic heterocycles. The third-order valence-corrected chi connectivity index (χ3v) is 4.97. The van der Waals surface area contributed by atoms with Gasteiger partial charge in [0.25, 0.3) is 0 Å². The van der Waals surface area contributed by atoms with Crippen LogP contribution in [-0.2, 0) is 4.79 Å². The Bertz CT molecular complexity index is 699. The Hall–Kier alpha value is -1.88. The molecular formula is C16H20N4O. The molecule has 110 valence electrons. The highest BCUT2D eigenvalue weighted by Gasteiger charge is 2.57. The van der Waals surface area contributed by atoms with Crippen molar-refractivity contribution in [2.75, 3.05) is 18.4 Å². The fourth-order valence-electron chi connectivity index (χ4n) is 3.64. The lowest BCUT2D eigenvalue weighted by atomic mass is 9.92. The Morgan fingerprint density at radius 1 is 1.38 bits per heavy atom. The largest absolute Gasteiger partial charge is 0.342 e. The fraction of sp³-hybridized carbons (Fsp3) is 0.500. The number of hydrogen-bond acceptors (Lipinski definition) is 3. The summed E-state index contributed by atoms with van der Waals surface area (Å²) in [5.41, 5.74) is 3.04. The second-order valence-corrected chi connectivity index (χ2v) is 6.41. The van der Waals surface area contributed by atoms with Crippen molar-refractivity contribution >= 4 is 22.6 Å². The van der Waals surface area contributed by atoms with Crippen molar-refractivity contribution in [3.05, 3.63) is 24.0 Å². The normalized spacial score (nSPS) is 23.4. The zero-order valence-corrected chi connectivity index (χ0v) is 12.2. The van der Waals surface area contributed by atoms with Crippen LogP contribution in [0.5, 0.6) is 0 Å². The zero-order chi connectivity index (χ0) is 14.4. The number of nitrogens with zero attached hydrogens (tertiary/aromatic N) is 1. The number of fused-ring (bicyclic) bond motifs is 1.